The second kappa shape index (κ2) is 3.96. The van der Waals surface area contributed by atoms with Crippen LogP contribution >= 0.6 is 33.0 Å². The van der Waals surface area contributed by atoms with Crippen molar-refractivity contribution >= 4 is 33.0 Å². The van der Waals surface area contributed by atoms with E-state index < -0.39 is 5.60 Å². The summed E-state index contributed by atoms with van der Waals surface area (Å²) < 4.78 is 0.968. The zero-order valence-electron chi connectivity index (χ0n) is 6.87. The van der Waals surface area contributed by atoms with E-state index in [0.717, 1.165) is 20.2 Å². The molecule has 0 unspecified atom stereocenters. The van der Waals surface area contributed by atoms with Gasteiger partial charge in [0.25, 0.3) is 0 Å². The molecule has 1 heterocycles. The van der Waals surface area contributed by atoms with Crippen molar-refractivity contribution in [2.45, 2.75) is 30.1 Å². The van der Waals surface area contributed by atoms with Crippen molar-refractivity contribution in [3.63, 3.8) is 0 Å². The minimum absolute atomic E-state index is 0.578. The fraction of sp³-hybridized carbons (Fsp3) is 0.571. The van der Waals surface area contributed by atoms with E-state index >= 15 is 0 Å². The number of thiazole rings is 1. The summed E-state index contributed by atoms with van der Waals surface area (Å²) in [5.74, 6) is 0. The van der Waals surface area contributed by atoms with Crippen LogP contribution in [0.15, 0.2) is 10.4 Å². The van der Waals surface area contributed by atoms with E-state index in [4.69, 9.17) is 10.7 Å². The fourth-order valence-electron chi connectivity index (χ4n) is 0.781. The lowest BCUT2D eigenvalue weighted by Crippen LogP contribution is -2.21. The Balaban J connectivity index is 2.64. The predicted molar refractivity (Wildman–Crippen MR) is 53.8 cm³/mol. The summed E-state index contributed by atoms with van der Waals surface area (Å²) >= 11 is 1.52. The van der Waals surface area contributed by atoms with Gasteiger partial charge in [-0.15, -0.1) is 11.3 Å². The maximum absolute atomic E-state index is 9.48. The average Bonchev–Trinajstić information content (AvgIpc) is 2.32. The number of hydrogen-bond acceptors (Lipinski definition) is 4. The summed E-state index contributed by atoms with van der Waals surface area (Å²) in [4.78, 5) is 4.13. The Morgan fingerprint density at radius 3 is 2.83 bits per heavy atom. The molecule has 0 aromatic carbocycles. The third-order valence-electron chi connectivity index (χ3n) is 1.19. The first kappa shape index (κ1) is 10.3. The molecule has 1 aromatic heterocycles. The summed E-state index contributed by atoms with van der Waals surface area (Å²) in [5.41, 5.74) is -0.688. The second-order valence-electron chi connectivity index (χ2n) is 3.14. The van der Waals surface area contributed by atoms with Crippen LogP contribution in [-0.4, -0.2) is 15.7 Å². The van der Waals surface area contributed by atoms with Crippen LogP contribution in [0, 0.1) is 0 Å². The van der Waals surface area contributed by atoms with Crippen molar-refractivity contribution in [3.05, 3.63) is 11.2 Å². The average molecular weight is 224 g/mol. The monoisotopic (exact) mass is 223 g/mol. The van der Waals surface area contributed by atoms with Gasteiger partial charge in [-0.1, -0.05) is 0 Å². The molecule has 0 amide bonds. The normalized spacial score (nSPS) is 12.0. The number of nitrogens with zero attached hydrogens (tertiary/aromatic N) is 1. The molecule has 5 heteroatoms. The molecule has 2 nitrogen and oxygen atoms in total. The molecule has 1 aromatic rings. The topological polar surface area (TPSA) is 33.1 Å². The van der Waals surface area contributed by atoms with Crippen molar-refractivity contribution in [1.82, 2.24) is 4.98 Å². The Morgan fingerprint density at radius 2 is 2.42 bits per heavy atom. The number of halogens is 1. The second-order valence-corrected chi connectivity index (χ2v) is 5.57. The van der Waals surface area contributed by atoms with Gasteiger partial charge in [-0.05, 0) is 35.5 Å². The predicted octanol–water partition coefficient (Wildman–Crippen LogP) is 2.70. The van der Waals surface area contributed by atoms with Crippen molar-refractivity contribution in [2.24, 2.45) is 0 Å². The van der Waals surface area contributed by atoms with Gasteiger partial charge in [-0.3, -0.25) is 0 Å². The van der Waals surface area contributed by atoms with Gasteiger partial charge in [0.15, 0.2) is 0 Å². The van der Waals surface area contributed by atoms with Crippen LogP contribution < -0.4 is 0 Å². The first-order valence-electron chi connectivity index (χ1n) is 3.47. The lowest BCUT2D eigenvalue weighted by Gasteiger charge is -2.14. The summed E-state index contributed by atoms with van der Waals surface area (Å²) in [7, 11) is 6.70. The molecule has 0 fully saturated rings. The van der Waals surface area contributed by atoms with Crippen molar-refractivity contribution in [1.29, 1.82) is 0 Å². The molecule has 12 heavy (non-hydrogen) atoms. The summed E-state index contributed by atoms with van der Waals surface area (Å²) in [6.45, 7) is 3.53. The van der Waals surface area contributed by atoms with Crippen LogP contribution in [0.25, 0.3) is 0 Å². The number of rotatable bonds is 3. The highest BCUT2D eigenvalue weighted by molar-refractivity contribution is 8.22. The van der Waals surface area contributed by atoms with E-state index in [1.165, 1.54) is 11.3 Å². The maximum atomic E-state index is 9.48. The van der Waals surface area contributed by atoms with Gasteiger partial charge in [-0.2, -0.15) is 0 Å². The van der Waals surface area contributed by atoms with Gasteiger partial charge in [0.1, 0.15) is 0 Å². The molecule has 0 bridgehead atoms. The molecule has 0 aliphatic carbocycles. The molecule has 0 saturated carbocycles. The van der Waals surface area contributed by atoms with E-state index in [9.17, 15) is 5.11 Å². The SMILES string of the molecule is CC(C)(O)Cc1ncc(SCl)s1. The zero-order valence-corrected chi connectivity index (χ0v) is 9.26. The number of aromatic nitrogens is 1. The van der Waals surface area contributed by atoms with Crippen LogP contribution in [0.3, 0.4) is 0 Å². The molecular weight excluding hydrogens is 214 g/mol. The largest absolute Gasteiger partial charge is 0.390 e. The highest BCUT2D eigenvalue weighted by Gasteiger charge is 2.15. The van der Waals surface area contributed by atoms with E-state index in [1.54, 1.807) is 20.0 Å². The molecule has 0 aliphatic heterocycles. The van der Waals surface area contributed by atoms with Crippen molar-refractivity contribution in [2.75, 3.05) is 0 Å². The standard InChI is InChI=1S/C7H10ClNOS2/c1-7(2,10)3-5-9-4-6(11-5)12-8/h4,10H,3H2,1-2H3. The first-order valence-corrected chi connectivity index (χ1v) is 5.93. The Morgan fingerprint density at radius 1 is 1.75 bits per heavy atom. The lowest BCUT2D eigenvalue weighted by molar-refractivity contribution is 0.0809. The van der Waals surface area contributed by atoms with Gasteiger partial charge < -0.3 is 5.11 Å². The van der Waals surface area contributed by atoms with Gasteiger partial charge in [0, 0.05) is 6.42 Å². The summed E-state index contributed by atoms with van der Waals surface area (Å²) in [5, 5.41) is 10.4. The molecule has 0 spiro atoms. The van der Waals surface area contributed by atoms with Gasteiger partial charge >= 0.3 is 0 Å². The van der Waals surface area contributed by atoms with Crippen LogP contribution in [0.1, 0.15) is 18.9 Å². The molecule has 0 saturated heterocycles. The van der Waals surface area contributed by atoms with Crippen LogP contribution in [-0.2, 0) is 6.42 Å². The van der Waals surface area contributed by atoms with E-state index in [0.29, 0.717) is 6.42 Å². The molecule has 1 N–H and O–H groups in total. The van der Waals surface area contributed by atoms with Gasteiger partial charge in [0.05, 0.1) is 21.0 Å². The Labute approximate surface area is 84.5 Å². The molecular formula is C7H10ClNOS2. The third-order valence-corrected chi connectivity index (χ3v) is 3.51. The third kappa shape index (κ3) is 3.31. The highest BCUT2D eigenvalue weighted by Crippen LogP contribution is 2.29. The van der Waals surface area contributed by atoms with Crippen molar-refractivity contribution in [3.8, 4) is 0 Å². The molecule has 68 valence electrons. The first-order chi connectivity index (χ1) is 5.51. The van der Waals surface area contributed by atoms with Crippen LogP contribution in [0.4, 0.5) is 0 Å². The minimum atomic E-state index is -0.688. The molecule has 1 rings (SSSR count). The smallest absolute Gasteiger partial charge is 0.0965 e. The fourth-order valence-corrected chi connectivity index (χ4v) is 2.56. The Hall–Kier alpha value is 0.230. The highest BCUT2D eigenvalue weighted by atomic mass is 35.7. The van der Waals surface area contributed by atoms with E-state index in [2.05, 4.69) is 4.98 Å². The lowest BCUT2D eigenvalue weighted by atomic mass is 10.1. The molecule has 0 radical (unpaired) electrons. The molecule has 0 aliphatic rings. The van der Waals surface area contributed by atoms with E-state index in [-0.39, 0.29) is 0 Å². The number of hydrogen-bond donors (Lipinski definition) is 1. The summed E-state index contributed by atoms with van der Waals surface area (Å²) in [6, 6.07) is 0. The zero-order chi connectivity index (χ0) is 9.19. The molecule has 0 atom stereocenters. The Kier molecular flexibility index (Phi) is 3.40. The Bertz CT molecular complexity index is 256. The quantitative estimate of drug-likeness (QED) is 0.856. The van der Waals surface area contributed by atoms with Crippen LogP contribution in [0.2, 0.25) is 0 Å². The van der Waals surface area contributed by atoms with Crippen LogP contribution in [0.5, 0.6) is 0 Å². The summed E-state index contributed by atoms with van der Waals surface area (Å²) in [6.07, 6.45) is 2.30. The van der Waals surface area contributed by atoms with Gasteiger partial charge in [0.2, 0.25) is 0 Å². The maximum Gasteiger partial charge on any atom is 0.0965 e. The minimum Gasteiger partial charge on any atom is -0.390 e. The van der Waals surface area contributed by atoms with E-state index in [1.807, 2.05) is 0 Å². The van der Waals surface area contributed by atoms with Crippen molar-refractivity contribution < 1.29 is 5.11 Å². The number of aliphatic hydroxyl groups is 1. The van der Waals surface area contributed by atoms with Gasteiger partial charge in [-0.25, -0.2) is 4.98 Å².